The Bertz CT molecular complexity index is 842. The number of rotatable bonds is 6. The predicted molar refractivity (Wildman–Crippen MR) is 101 cm³/mol. The van der Waals surface area contributed by atoms with E-state index in [9.17, 15) is 0 Å². The van der Waals surface area contributed by atoms with Crippen molar-refractivity contribution in [3.05, 3.63) is 82.4 Å². The standard InChI is InChI=1S/C20H22ClN3O/c1-14-12-15(4-9-18(14)25-3)13-23-19(20-22-10-11-24(20)2)16-5-7-17(21)8-6-16/h4-12,19,23H,13H2,1-3H3/t19-/m1/s1. The van der Waals surface area contributed by atoms with Crippen molar-refractivity contribution in [2.45, 2.75) is 19.5 Å². The highest BCUT2D eigenvalue weighted by atomic mass is 35.5. The molecular weight excluding hydrogens is 334 g/mol. The zero-order valence-electron chi connectivity index (χ0n) is 14.7. The molecule has 0 spiro atoms. The summed E-state index contributed by atoms with van der Waals surface area (Å²) in [5.74, 6) is 1.87. The van der Waals surface area contributed by atoms with Crippen LogP contribution in [0.4, 0.5) is 0 Å². The molecule has 2 aromatic carbocycles. The van der Waals surface area contributed by atoms with E-state index in [4.69, 9.17) is 16.3 Å². The molecule has 0 amide bonds. The van der Waals surface area contributed by atoms with Crippen molar-refractivity contribution < 1.29 is 4.74 Å². The molecule has 0 radical (unpaired) electrons. The van der Waals surface area contributed by atoms with E-state index in [0.29, 0.717) is 0 Å². The monoisotopic (exact) mass is 355 g/mol. The van der Waals surface area contributed by atoms with Gasteiger partial charge < -0.3 is 9.30 Å². The summed E-state index contributed by atoms with van der Waals surface area (Å²) in [6, 6.07) is 14.1. The van der Waals surface area contributed by atoms with Gasteiger partial charge in [0.15, 0.2) is 0 Å². The van der Waals surface area contributed by atoms with Gasteiger partial charge in [0.05, 0.1) is 13.2 Å². The number of ether oxygens (including phenoxy) is 1. The lowest BCUT2D eigenvalue weighted by molar-refractivity contribution is 0.411. The summed E-state index contributed by atoms with van der Waals surface area (Å²) in [7, 11) is 3.70. The molecule has 0 aliphatic heterocycles. The number of nitrogens with one attached hydrogen (secondary N) is 1. The number of hydrogen-bond acceptors (Lipinski definition) is 3. The maximum atomic E-state index is 6.04. The fourth-order valence-electron chi connectivity index (χ4n) is 2.94. The van der Waals surface area contributed by atoms with E-state index in [0.717, 1.165) is 34.3 Å². The summed E-state index contributed by atoms with van der Waals surface area (Å²) >= 11 is 6.04. The topological polar surface area (TPSA) is 39.1 Å². The molecule has 0 aliphatic rings. The van der Waals surface area contributed by atoms with Gasteiger partial charge in [-0.3, -0.25) is 5.32 Å². The van der Waals surface area contributed by atoms with Crippen LogP contribution in [0.3, 0.4) is 0 Å². The molecule has 0 saturated heterocycles. The molecule has 25 heavy (non-hydrogen) atoms. The predicted octanol–water partition coefficient (Wildman–Crippen LogP) is 4.27. The van der Waals surface area contributed by atoms with Crippen molar-refractivity contribution in [1.29, 1.82) is 0 Å². The molecule has 1 heterocycles. The third kappa shape index (κ3) is 4.03. The van der Waals surface area contributed by atoms with Crippen molar-refractivity contribution in [2.24, 2.45) is 7.05 Å². The third-order valence-electron chi connectivity index (χ3n) is 4.29. The Kier molecular flexibility index (Phi) is 5.41. The SMILES string of the molecule is COc1ccc(CN[C@H](c2ccc(Cl)cc2)c2nccn2C)cc1C. The first-order valence-electron chi connectivity index (χ1n) is 8.18. The van der Waals surface area contributed by atoms with Crippen molar-refractivity contribution in [3.8, 4) is 5.75 Å². The molecule has 0 fully saturated rings. The van der Waals surface area contributed by atoms with Gasteiger partial charge in [-0.2, -0.15) is 0 Å². The Morgan fingerprint density at radius 1 is 1.20 bits per heavy atom. The summed E-state index contributed by atoms with van der Waals surface area (Å²) in [4.78, 5) is 4.52. The molecule has 3 aromatic rings. The van der Waals surface area contributed by atoms with E-state index in [1.807, 2.05) is 54.3 Å². The van der Waals surface area contributed by atoms with E-state index in [1.54, 1.807) is 7.11 Å². The van der Waals surface area contributed by atoms with Crippen LogP contribution in [-0.4, -0.2) is 16.7 Å². The molecule has 5 heteroatoms. The average molecular weight is 356 g/mol. The number of nitrogens with zero attached hydrogens (tertiary/aromatic N) is 2. The van der Waals surface area contributed by atoms with Crippen LogP contribution in [0.2, 0.25) is 5.02 Å². The fourth-order valence-corrected chi connectivity index (χ4v) is 3.07. The van der Waals surface area contributed by atoms with Crippen LogP contribution in [0.1, 0.15) is 28.6 Å². The molecule has 130 valence electrons. The largest absolute Gasteiger partial charge is 0.496 e. The van der Waals surface area contributed by atoms with E-state index >= 15 is 0 Å². The lowest BCUT2D eigenvalue weighted by atomic mass is 10.0. The minimum atomic E-state index is -0.0142. The minimum absolute atomic E-state index is 0.0142. The van der Waals surface area contributed by atoms with Crippen LogP contribution in [0.5, 0.6) is 5.75 Å². The fraction of sp³-hybridized carbons (Fsp3) is 0.250. The Hall–Kier alpha value is -2.30. The number of benzene rings is 2. The molecule has 1 N–H and O–H groups in total. The lowest BCUT2D eigenvalue weighted by Crippen LogP contribution is -2.24. The van der Waals surface area contributed by atoms with E-state index in [-0.39, 0.29) is 6.04 Å². The number of hydrogen-bond donors (Lipinski definition) is 1. The molecule has 3 rings (SSSR count). The van der Waals surface area contributed by atoms with Crippen molar-refractivity contribution >= 4 is 11.6 Å². The zero-order valence-corrected chi connectivity index (χ0v) is 15.4. The molecular formula is C20H22ClN3O. The summed E-state index contributed by atoms with van der Waals surface area (Å²) in [5.41, 5.74) is 3.46. The third-order valence-corrected chi connectivity index (χ3v) is 4.54. The van der Waals surface area contributed by atoms with Crippen LogP contribution >= 0.6 is 11.6 Å². The first-order valence-corrected chi connectivity index (χ1v) is 8.56. The maximum absolute atomic E-state index is 6.04. The zero-order chi connectivity index (χ0) is 17.8. The minimum Gasteiger partial charge on any atom is -0.496 e. The van der Waals surface area contributed by atoms with Gasteiger partial charge >= 0.3 is 0 Å². The van der Waals surface area contributed by atoms with Crippen molar-refractivity contribution in [3.63, 3.8) is 0 Å². The second kappa shape index (κ2) is 7.72. The first-order chi connectivity index (χ1) is 12.1. The summed E-state index contributed by atoms with van der Waals surface area (Å²) in [5, 5.41) is 4.34. The number of imidazole rings is 1. The number of aromatic nitrogens is 2. The Labute approximate surface area is 153 Å². The van der Waals surface area contributed by atoms with Crippen LogP contribution < -0.4 is 10.1 Å². The van der Waals surface area contributed by atoms with Gasteiger partial charge in [0.1, 0.15) is 11.6 Å². The van der Waals surface area contributed by atoms with Gasteiger partial charge in [0.2, 0.25) is 0 Å². The van der Waals surface area contributed by atoms with Gasteiger partial charge in [0.25, 0.3) is 0 Å². The summed E-state index contributed by atoms with van der Waals surface area (Å²) < 4.78 is 7.37. The van der Waals surface area contributed by atoms with Gasteiger partial charge in [-0.15, -0.1) is 0 Å². The van der Waals surface area contributed by atoms with Crippen LogP contribution in [0, 0.1) is 6.92 Å². The average Bonchev–Trinajstić information content (AvgIpc) is 3.03. The molecule has 0 saturated carbocycles. The quantitative estimate of drug-likeness (QED) is 0.717. The second-order valence-corrected chi connectivity index (χ2v) is 6.50. The molecule has 0 aliphatic carbocycles. The highest BCUT2D eigenvalue weighted by molar-refractivity contribution is 6.30. The highest BCUT2D eigenvalue weighted by Gasteiger charge is 2.18. The van der Waals surface area contributed by atoms with Gasteiger partial charge in [-0.25, -0.2) is 4.98 Å². The van der Waals surface area contributed by atoms with Crippen LogP contribution in [0.25, 0.3) is 0 Å². The smallest absolute Gasteiger partial charge is 0.130 e. The van der Waals surface area contributed by atoms with E-state index in [1.165, 1.54) is 5.56 Å². The second-order valence-electron chi connectivity index (χ2n) is 6.07. The highest BCUT2D eigenvalue weighted by Crippen LogP contribution is 2.24. The van der Waals surface area contributed by atoms with Gasteiger partial charge in [0, 0.05) is 31.0 Å². The molecule has 1 atom stereocenters. The molecule has 4 nitrogen and oxygen atoms in total. The Morgan fingerprint density at radius 2 is 1.96 bits per heavy atom. The summed E-state index contributed by atoms with van der Waals surface area (Å²) in [6.07, 6.45) is 3.77. The van der Waals surface area contributed by atoms with E-state index in [2.05, 4.69) is 29.4 Å². The van der Waals surface area contributed by atoms with Gasteiger partial charge in [-0.1, -0.05) is 35.9 Å². The van der Waals surface area contributed by atoms with Crippen molar-refractivity contribution in [1.82, 2.24) is 14.9 Å². The van der Waals surface area contributed by atoms with Crippen LogP contribution in [0.15, 0.2) is 54.9 Å². The summed E-state index contributed by atoms with van der Waals surface area (Å²) in [6.45, 7) is 2.78. The first kappa shape index (κ1) is 17.5. The number of halogens is 1. The van der Waals surface area contributed by atoms with Crippen molar-refractivity contribution in [2.75, 3.05) is 7.11 Å². The Balaban J connectivity index is 1.84. The van der Waals surface area contributed by atoms with Gasteiger partial charge in [-0.05, 0) is 41.8 Å². The number of methoxy groups -OCH3 is 1. The number of aryl methyl sites for hydroxylation is 2. The molecule has 1 aromatic heterocycles. The van der Waals surface area contributed by atoms with E-state index < -0.39 is 0 Å². The maximum Gasteiger partial charge on any atom is 0.130 e. The molecule has 0 unspecified atom stereocenters. The Morgan fingerprint density at radius 3 is 2.56 bits per heavy atom. The normalized spacial score (nSPS) is 12.2. The molecule has 0 bridgehead atoms. The van der Waals surface area contributed by atoms with Crippen LogP contribution in [-0.2, 0) is 13.6 Å². The lowest BCUT2D eigenvalue weighted by Gasteiger charge is -2.20.